The lowest BCUT2D eigenvalue weighted by molar-refractivity contribution is 0.0691. The van der Waals surface area contributed by atoms with Gasteiger partial charge in [-0.05, 0) is 49.6 Å². The summed E-state index contributed by atoms with van der Waals surface area (Å²) in [6.45, 7) is 7.01. The summed E-state index contributed by atoms with van der Waals surface area (Å²) in [5, 5.41) is 11.2. The molecule has 0 spiro atoms. The number of aromatic nitrogens is 1. The molecular formula is C21H21NO4S. The maximum atomic E-state index is 11.0. The number of aromatic carboxylic acids is 1. The highest BCUT2D eigenvalue weighted by Crippen LogP contribution is 2.28. The number of nitrogens with zero attached hydrogens (tertiary/aromatic N) is 1. The minimum Gasteiger partial charge on any atom is -0.490 e. The molecule has 0 atom stereocenters. The molecule has 1 N–H and O–H groups in total. The molecule has 0 aliphatic rings. The van der Waals surface area contributed by atoms with Crippen molar-refractivity contribution in [2.24, 2.45) is 0 Å². The van der Waals surface area contributed by atoms with Crippen LogP contribution in [0.4, 0.5) is 0 Å². The SMILES string of the molecule is Cc1ccc(C)c(OCCOc2cccc(-c3nc(C(=O)O)cs3)c2)c1C. The number of carbonyl (C=O) groups is 1. The van der Waals surface area contributed by atoms with Gasteiger partial charge in [0.05, 0.1) is 0 Å². The van der Waals surface area contributed by atoms with Gasteiger partial charge in [0.1, 0.15) is 29.7 Å². The van der Waals surface area contributed by atoms with Crippen LogP contribution in [0.1, 0.15) is 27.2 Å². The van der Waals surface area contributed by atoms with E-state index in [0.29, 0.717) is 24.0 Å². The molecule has 0 saturated heterocycles. The lowest BCUT2D eigenvalue weighted by Crippen LogP contribution is -2.10. The Bertz CT molecular complexity index is 965. The zero-order chi connectivity index (χ0) is 19.4. The lowest BCUT2D eigenvalue weighted by Gasteiger charge is -2.14. The minimum absolute atomic E-state index is 0.0543. The van der Waals surface area contributed by atoms with E-state index in [4.69, 9.17) is 14.6 Å². The van der Waals surface area contributed by atoms with Crippen molar-refractivity contribution in [3.63, 3.8) is 0 Å². The second-order valence-corrected chi connectivity index (χ2v) is 7.08. The van der Waals surface area contributed by atoms with Gasteiger partial charge in [-0.25, -0.2) is 9.78 Å². The Morgan fingerprint density at radius 1 is 1.07 bits per heavy atom. The fourth-order valence-electron chi connectivity index (χ4n) is 2.67. The number of ether oxygens (including phenoxy) is 2. The van der Waals surface area contributed by atoms with Crippen LogP contribution in [0.25, 0.3) is 10.6 Å². The summed E-state index contributed by atoms with van der Waals surface area (Å²) in [4.78, 5) is 15.1. The predicted molar refractivity (Wildman–Crippen MR) is 106 cm³/mol. The van der Waals surface area contributed by atoms with Crippen LogP contribution < -0.4 is 9.47 Å². The largest absolute Gasteiger partial charge is 0.490 e. The Balaban J connectivity index is 1.61. The molecule has 3 rings (SSSR count). The van der Waals surface area contributed by atoms with Crippen LogP contribution in [0.15, 0.2) is 41.8 Å². The molecule has 5 nitrogen and oxygen atoms in total. The average molecular weight is 383 g/mol. The molecule has 0 radical (unpaired) electrons. The van der Waals surface area contributed by atoms with E-state index in [2.05, 4.69) is 31.0 Å². The Kier molecular flexibility index (Phi) is 5.76. The van der Waals surface area contributed by atoms with Crippen LogP contribution in [0.2, 0.25) is 0 Å². The molecule has 1 heterocycles. The maximum absolute atomic E-state index is 11.0. The van der Waals surface area contributed by atoms with Crippen LogP contribution in [-0.2, 0) is 0 Å². The molecule has 0 aliphatic heterocycles. The third-order valence-electron chi connectivity index (χ3n) is 4.28. The molecule has 1 aromatic heterocycles. The highest BCUT2D eigenvalue weighted by atomic mass is 32.1. The van der Waals surface area contributed by atoms with Crippen molar-refractivity contribution in [3.8, 4) is 22.1 Å². The van der Waals surface area contributed by atoms with E-state index < -0.39 is 5.97 Å². The van der Waals surface area contributed by atoms with Crippen molar-refractivity contribution in [3.05, 3.63) is 64.2 Å². The van der Waals surface area contributed by atoms with Gasteiger partial charge in [-0.1, -0.05) is 24.3 Å². The number of carboxylic acids is 1. The normalized spacial score (nSPS) is 10.6. The van der Waals surface area contributed by atoms with Crippen molar-refractivity contribution in [2.45, 2.75) is 20.8 Å². The summed E-state index contributed by atoms with van der Waals surface area (Å²) < 4.78 is 11.7. The van der Waals surface area contributed by atoms with E-state index in [1.165, 1.54) is 22.3 Å². The minimum atomic E-state index is -1.02. The first-order valence-corrected chi connectivity index (χ1v) is 9.45. The molecule has 2 aromatic carbocycles. The molecule has 3 aromatic rings. The monoisotopic (exact) mass is 383 g/mol. The number of rotatable bonds is 7. The molecule has 0 bridgehead atoms. The summed E-state index contributed by atoms with van der Waals surface area (Å²) in [5.74, 6) is 0.584. The first kappa shape index (κ1) is 18.9. The van der Waals surface area contributed by atoms with Crippen molar-refractivity contribution >= 4 is 17.3 Å². The number of carboxylic acid groups (broad SMARTS) is 1. The second-order valence-electron chi connectivity index (χ2n) is 6.22. The summed E-state index contributed by atoms with van der Waals surface area (Å²) in [6, 6.07) is 11.6. The quantitative estimate of drug-likeness (QED) is 0.588. The van der Waals surface area contributed by atoms with Gasteiger partial charge in [-0.2, -0.15) is 0 Å². The van der Waals surface area contributed by atoms with E-state index in [1.807, 2.05) is 31.2 Å². The van der Waals surface area contributed by atoms with Crippen LogP contribution in [0, 0.1) is 20.8 Å². The highest BCUT2D eigenvalue weighted by Gasteiger charge is 2.11. The van der Waals surface area contributed by atoms with E-state index in [9.17, 15) is 4.79 Å². The van der Waals surface area contributed by atoms with Crippen LogP contribution in [0.5, 0.6) is 11.5 Å². The first-order valence-electron chi connectivity index (χ1n) is 8.57. The van der Waals surface area contributed by atoms with Gasteiger partial charge in [-0.3, -0.25) is 0 Å². The van der Waals surface area contributed by atoms with Crippen LogP contribution in [0.3, 0.4) is 0 Å². The first-order chi connectivity index (χ1) is 13.0. The maximum Gasteiger partial charge on any atom is 0.355 e. The number of thiazole rings is 1. The Labute approximate surface area is 162 Å². The Morgan fingerprint density at radius 3 is 2.56 bits per heavy atom. The van der Waals surface area contributed by atoms with Gasteiger partial charge in [0.25, 0.3) is 0 Å². The fourth-order valence-corrected chi connectivity index (χ4v) is 3.47. The second kappa shape index (κ2) is 8.22. The Morgan fingerprint density at radius 2 is 1.81 bits per heavy atom. The fraction of sp³-hybridized carbons (Fsp3) is 0.238. The summed E-state index contributed by atoms with van der Waals surface area (Å²) in [5.41, 5.74) is 4.34. The van der Waals surface area contributed by atoms with Crippen LogP contribution >= 0.6 is 11.3 Å². The topological polar surface area (TPSA) is 68.7 Å². The van der Waals surface area contributed by atoms with Crippen LogP contribution in [-0.4, -0.2) is 29.3 Å². The van der Waals surface area contributed by atoms with Gasteiger partial charge in [-0.15, -0.1) is 11.3 Å². The summed E-state index contributed by atoms with van der Waals surface area (Å²) in [6.07, 6.45) is 0. The standard InChI is InChI=1S/C21H21NO4S/c1-13-7-8-14(2)19(15(13)3)26-10-9-25-17-6-4-5-16(11-17)20-22-18(12-27-20)21(23)24/h4-8,11-12H,9-10H2,1-3H3,(H,23,24). The van der Waals surface area contributed by atoms with Crippen molar-refractivity contribution < 1.29 is 19.4 Å². The zero-order valence-electron chi connectivity index (χ0n) is 15.5. The van der Waals surface area contributed by atoms with E-state index in [0.717, 1.165) is 22.4 Å². The molecule has 0 unspecified atom stereocenters. The van der Waals surface area contributed by atoms with Crippen molar-refractivity contribution in [1.29, 1.82) is 0 Å². The van der Waals surface area contributed by atoms with E-state index in [1.54, 1.807) is 0 Å². The molecular weight excluding hydrogens is 362 g/mol. The molecule has 27 heavy (non-hydrogen) atoms. The third-order valence-corrected chi connectivity index (χ3v) is 5.17. The molecule has 0 fully saturated rings. The summed E-state index contributed by atoms with van der Waals surface area (Å²) in [7, 11) is 0. The van der Waals surface area contributed by atoms with Gasteiger partial charge >= 0.3 is 5.97 Å². The Hall–Kier alpha value is -2.86. The zero-order valence-corrected chi connectivity index (χ0v) is 16.3. The number of hydrogen-bond donors (Lipinski definition) is 1. The molecule has 0 saturated carbocycles. The summed E-state index contributed by atoms with van der Waals surface area (Å²) >= 11 is 1.30. The van der Waals surface area contributed by atoms with Gasteiger partial charge in [0.2, 0.25) is 0 Å². The van der Waals surface area contributed by atoms with E-state index in [-0.39, 0.29) is 5.69 Å². The van der Waals surface area contributed by atoms with Crippen molar-refractivity contribution in [2.75, 3.05) is 13.2 Å². The van der Waals surface area contributed by atoms with Gasteiger partial charge in [0, 0.05) is 10.9 Å². The lowest BCUT2D eigenvalue weighted by atomic mass is 10.1. The number of aryl methyl sites for hydroxylation is 2. The smallest absolute Gasteiger partial charge is 0.355 e. The average Bonchev–Trinajstić information content (AvgIpc) is 3.15. The predicted octanol–water partition coefficient (Wildman–Crippen LogP) is 4.89. The van der Waals surface area contributed by atoms with Gasteiger partial charge in [0.15, 0.2) is 5.69 Å². The number of benzene rings is 2. The van der Waals surface area contributed by atoms with Gasteiger partial charge < -0.3 is 14.6 Å². The molecule has 140 valence electrons. The molecule has 6 heteroatoms. The number of hydrogen-bond acceptors (Lipinski definition) is 5. The van der Waals surface area contributed by atoms with Crippen molar-refractivity contribution in [1.82, 2.24) is 4.98 Å². The highest BCUT2D eigenvalue weighted by molar-refractivity contribution is 7.13. The third kappa shape index (κ3) is 4.46. The molecule has 0 amide bonds. The van der Waals surface area contributed by atoms with E-state index >= 15 is 0 Å². The molecule has 0 aliphatic carbocycles.